The predicted molar refractivity (Wildman–Crippen MR) is 70.2 cm³/mol. The Bertz CT molecular complexity index is 674. The first-order chi connectivity index (χ1) is 9.60. The van der Waals surface area contributed by atoms with Crippen LogP contribution in [0.3, 0.4) is 0 Å². The molecular formula is C13H12FN5O. The molecule has 20 heavy (non-hydrogen) atoms. The normalized spacial score (nSPS) is 9.85. The van der Waals surface area contributed by atoms with Crippen LogP contribution in [0.25, 0.3) is 0 Å². The number of aromatic nitrogens is 2. The molecule has 0 aliphatic carbocycles. The van der Waals surface area contributed by atoms with Crippen molar-refractivity contribution in [2.45, 2.75) is 6.54 Å². The SMILES string of the molecule is Cn1ccnc1CNC(=O)Nc1ccc(C#N)c(F)c1. The highest BCUT2D eigenvalue weighted by molar-refractivity contribution is 5.89. The lowest BCUT2D eigenvalue weighted by Gasteiger charge is -2.08. The van der Waals surface area contributed by atoms with Crippen LogP contribution < -0.4 is 10.6 Å². The number of aryl methyl sites for hydroxylation is 1. The second-order valence-electron chi connectivity index (χ2n) is 4.07. The third-order valence-corrected chi connectivity index (χ3v) is 2.68. The quantitative estimate of drug-likeness (QED) is 0.893. The van der Waals surface area contributed by atoms with Gasteiger partial charge >= 0.3 is 6.03 Å². The van der Waals surface area contributed by atoms with Crippen molar-refractivity contribution in [3.05, 3.63) is 47.8 Å². The molecule has 0 unspecified atom stereocenters. The second-order valence-corrected chi connectivity index (χ2v) is 4.07. The summed E-state index contributed by atoms with van der Waals surface area (Å²) in [6.07, 6.45) is 3.40. The monoisotopic (exact) mass is 273 g/mol. The number of halogens is 1. The lowest BCUT2D eigenvalue weighted by molar-refractivity contribution is 0.251. The maximum atomic E-state index is 13.4. The average Bonchev–Trinajstić information content (AvgIpc) is 2.82. The number of nitriles is 1. The first kappa shape index (κ1) is 13.5. The van der Waals surface area contributed by atoms with E-state index in [0.29, 0.717) is 5.82 Å². The van der Waals surface area contributed by atoms with Crippen LogP contribution in [-0.4, -0.2) is 15.6 Å². The average molecular weight is 273 g/mol. The molecule has 0 saturated carbocycles. The Morgan fingerprint density at radius 1 is 1.55 bits per heavy atom. The number of carbonyl (C=O) groups excluding carboxylic acids is 1. The number of nitrogens with one attached hydrogen (secondary N) is 2. The van der Waals surface area contributed by atoms with Crippen molar-refractivity contribution in [3.63, 3.8) is 0 Å². The van der Waals surface area contributed by atoms with Crippen molar-refractivity contribution < 1.29 is 9.18 Å². The lowest BCUT2D eigenvalue weighted by Crippen LogP contribution is -2.29. The fourth-order valence-corrected chi connectivity index (χ4v) is 1.58. The number of amides is 2. The molecule has 0 saturated heterocycles. The van der Waals surface area contributed by atoms with Gasteiger partial charge in [0.2, 0.25) is 0 Å². The number of anilines is 1. The van der Waals surface area contributed by atoms with E-state index in [2.05, 4.69) is 15.6 Å². The molecule has 7 heteroatoms. The molecule has 2 N–H and O–H groups in total. The van der Waals surface area contributed by atoms with Crippen LogP contribution in [0.5, 0.6) is 0 Å². The molecule has 102 valence electrons. The Labute approximate surface area is 114 Å². The molecule has 1 aromatic carbocycles. The summed E-state index contributed by atoms with van der Waals surface area (Å²) in [5, 5.41) is 13.7. The molecule has 0 bridgehead atoms. The molecule has 0 fully saturated rings. The molecule has 0 atom stereocenters. The highest BCUT2D eigenvalue weighted by Crippen LogP contribution is 2.13. The van der Waals surface area contributed by atoms with Crippen molar-refractivity contribution in [2.75, 3.05) is 5.32 Å². The summed E-state index contributed by atoms with van der Waals surface area (Å²) in [4.78, 5) is 15.7. The number of benzene rings is 1. The molecule has 1 aromatic heterocycles. The molecule has 1 heterocycles. The van der Waals surface area contributed by atoms with Crippen LogP contribution in [0, 0.1) is 17.1 Å². The second kappa shape index (κ2) is 5.84. The highest BCUT2D eigenvalue weighted by Gasteiger charge is 2.07. The smallest absolute Gasteiger partial charge is 0.319 e. The van der Waals surface area contributed by atoms with E-state index in [1.165, 1.54) is 12.1 Å². The Kier molecular flexibility index (Phi) is 3.96. The zero-order valence-corrected chi connectivity index (χ0v) is 10.7. The number of carbonyl (C=O) groups is 1. The van der Waals surface area contributed by atoms with Gasteiger partial charge in [0.25, 0.3) is 0 Å². The molecule has 2 rings (SSSR count). The van der Waals surface area contributed by atoms with Crippen LogP contribution in [-0.2, 0) is 13.6 Å². The summed E-state index contributed by atoms with van der Waals surface area (Å²) in [5.41, 5.74) is 0.211. The minimum absolute atomic E-state index is 0.0658. The third-order valence-electron chi connectivity index (χ3n) is 2.68. The van der Waals surface area contributed by atoms with Crippen LogP contribution in [0.2, 0.25) is 0 Å². The fraction of sp³-hybridized carbons (Fsp3) is 0.154. The molecule has 0 radical (unpaired) electrons. The number of rotatable bonds is 3. The fourth-order valence-electron chi connectivity index (χ4n) is 1.58. The summed E-state index contributed by atoms with van der Waals surface area (Å²) in [5.74, 6) is 0.0283. The van der Waals surface area contributed by atoms with E-state index in [1.54, 1.807) is 23.0 Å². The van der Waals surface area contributed by atoms with Crippen LogP contribution >= 0.6 is 0 Å². The largest absolute Gasteiger partial charge is 0.337 e. The minimum Gasteiger partial charge on any atom is -0.337 e. The summed E-state index contributed by atoms with van der Waals surface area (Å²) in [6, 6.07) is 5.10. The molecule has 2 amide bonds. The molecule has 0 aliphatic heterocycles. The van der Waals surface area contributed by atoms with Gasteiger partial charge in [-0.3, -0.25) is 0 Å². The molecular weight excluding hydrogens is 261 g/mol. The van der Waals surface area contributed by atoms with E-state index in [-0.39, 0.29) is 17.8 Å². The van der Waals surface area contributed by atoms with E-state index in [1.807, 2.05) is 7.05 Å². The van der Waals surface area contributed by atoms with Gasteiger partial charge in [-0.2, -0.15) is 5.26 Å². The third kappa shape index (κ3) is 3.11. The summed E-state index contributed by atoms with van der Waals surface area (Å²) in [6.45, 7) is 0.258. The van der Waals surface area contributed by atoms with Gasteiger partial charge in [-0.1, -0.05) is 0 Å². The Balaban J connectivity index is 1.93. The van der Waals surface area contributed by atoms with Crippen molar-refractivity contribution in [1.29, 1.82) is 5.26 Å². The van der Waals surface area contributed by atoms with Gasteiger partial charge in [0.15, 0.2) is 0 Å². The van der Waals surface area contributed by atoms with Gasteiger partial charge in [0.05, 0.1) is 12.1 Å². The Morgan fingerprint density at radius 2 is 2.35 bits per heavy atom. The first-order valence-corrected chi connectivity index (χ1v) is 5.81. The van der Waals surface area contributed by atoms with Crippen LogP contribution in [0.1, 0.15) is 11.4 Å². The zero-order valence-electron chi connectivity index (χ0n) is 10.7. The topological polar surface area (TPSA) is 82.7 Å². The van der Waals surface area contributed by atoms with Gasteiger partial charge in [-0.05, 0) is 18.2 Å². The van der Waals surface area contributed by atoms with Crippen molar-refractivity contribution in [3.8, 4) is 6.07 Å². The van der Waals surface area contributed by atoms with Gasteiger partial charge in [0.1, 0.15) is 17.7 Å². The van der Waals surface area contributed by atoms with E-state index >= 15 is 0 Å². The molecule has 0 spiro atoms. The Hall–Kier alpha value is -2.88. The maximum Gasteiger partial charge on any atom is 0.319 e. The van der Waals surface area contributed by atoms with Gasteiger partial charge in [-0.25, -0.2) is 14.2 Å². The minimum atomic E-state index is -0.672. The van der Waals surface area contributed by atoms with Crippen molar-refractivity contribution in [1.82, 2.24) is 14.9 Å². The maximum absolute atomic E-state index is 13.4. The number of urea groups is 1. The summed E-state index contributed by atoms with van der Waals surface area (Å²) < 4.78 is 15.1. The van der Waals surface area contributed by atoms with Gasteiger partial charge in [-0.15, -0.1) is 0 Å². The number of imidazole rings is 1. The molecule has 0 aliphatic rings. The van der Waals surface area contributed by atoms with Crippen molar-refractivity contribution >= 4 is 11.7 Å². The van der Waals surface area contributed by atoms with E-state index in [4.69, 9.17) is 5.26 Å². The zero-order chi connectivity index (χ0) is 14.5. The first-order valence-electron chi connectivity index (χ1n) is 5.81. The number of hydrogen-bond acceptors (Lipinski definition) is 3. The Morgan fingerprint density at radius 3 is 2.95 bits per heavy atom. The van der Waals surface area contributed by atoms with E-state index in [9.17, 15) is 9.18 Å². The summed E-state index contributed by atoms with van der Waals surface area (Å²) in [7, 11) is 1.82. The number of hydrogen-bond donors (Lipinski definition) is 2. The summed E-state index contributed by atoms with van der Waals surface area (Å²) >= 11 is 0. The van der Waals surface area contributed by atoms with E-state index in [0.717, 1.165) is 6.07 Å². The number of nitrogens with zero attached hydrogens (tertiary/aromatic N) is 3. The molecule has 6 nitrogen and oxygen atoms in total. The van der Waals surface area contributed by atoms with E-state index < -0.39 is 11.8 Å². The standard InChI is InChI=1S/C13H12FN5O/c1-19-5-4-16-12(19)8-17-13(20)18-10-3-2-9(7-15)11(14)6-10/h2-6H,8H2,1H3,(H2,17,18,20). The predicted octanol–water partition coefficient (Wildman–Crippen LogP) is 1.75. The van der Waals surface area contributed by atoms with Gasteiger partial charge in [0, 0.05) is 25.1 Å². The van der Waals surface area contributed by atoms with Gasteiger partial charge < -0.3 is 15.2 Å². The lowest BCUT2D eigenvalue weighted by atomic mass is 10.2. The van der Waals surface area contributed by atoms with Crippen molar-refractivity contribution in [2.24, 2.45) is 7.05 Å². The van der Waals surface area contributed by atoms with Crippen LogP contribution in [0.15, 0.2) is 30.6 Å². The highest BCUT2D eigenvalue weighted by atomic mass is 19.1. The van der Waals surface area contributed by atoms with Crippen LogP contribution in [0.4, 0.5) is 14.9 Å². The molecule has 2 aromatic rings.